The average Bonchev–Trinajstić information content (AvgIpc) is 2.89. The highest BCUT2D eigenvalue weighted by Gasteiger charge is 2.15. The number of methoxy groups -OCH3 is 1. The molecule has 0 saturated carbocycles. The van der Waals surface area contributed by atoms with Crippen LogP contribution in [0.3, 0.4) is 0 Å². The quantitative estimate of drug-likeness (QED) is 0.447. The summed E-state index contributed by atoms with van der Waals surface area (Å²) in [4.78, 5) is 24.9. The Labute approximate surface area is 204 Å². The number of ether oxygens (including phenoxy) is 2. The maximum atomic E-state index is 13.4. The van der Waals surface area contributed by atoms with Gasteiger partial charge in [-0.25, -0.2) is 4.98 Å². The molecule has 1 saturated heterocycles. The first kappa shape index (κ1) is 22.9. The van der Waals surface area contributed by atoms with Gasteiger partial charge in [-0.3, -0.25) is 9.36 Å². The van der Waals surface area contributed by atoms with Crippen molar-refractivity contribution >= 4 is 28.4 Å². The van der Waals surface area contributed by atoms with Gasteiger partial charge in [-0.1, -0.05) is 6.07 Å². The third-order valence-corrected chi connectivity index (χ3v) is 6.24. The smallest absolute Gasteiger partial charge is 0.260 e. The van der Waals surface area contributed by atoms with Gasteiger partial charge in [0.2, 0.25) is 5.95 Å². The van der Waals surface area contributed by atoms with Gasteiger partial charge in [0.15, 0.2) is 0 Å². The lowest BCUT2D eigenvalue weighted by atomic mass is 10.0. The molecule has 4 aromatic rings. The van der Waals surface area contributed by atoms with E-state index in [1.807, 2.05) is 50.2 Å². The fourth-order valence-electron chi connectivity index (χ4n) is 4.45. The lowest BCUT2D eigenvalue weighted by Gasteiger charge is -2.28. The Kier molecular flexibility index (Phi) is 6.37. The normalized spacial score (nSPS) is 13.7. The summed E-state index contributed by atoms with van der Waals surface area (Å²) in [6.07, 6.45) is 1.76. The van der Waals surface area contributed by atoms with Gasteiger partial charge < -0.3 is 19.7 Å². The number of benzene rings is 2. The molecule has 1 aliphatic heterocycles. The van der Waals surface area contributed by atoms with E-state index < -0.39 is 0 Å². The van der Waals surface area contributed by atoms with Crippen molar-refractivity contribution in [3.63, 3.8) is 0 Å². The minimum atomic E-state index is -0.0906. The van der Waals surface area contributed by atoms with E-state index in [1.165, 1.54) is 5.69 Å². The molecule has 0 radical (unpaired) electrons. The first-order valence-electron chi connectivity index (χ1n) is 11.8. The van der Waals surface area contributed by atoms with Crippen molar-refractivity contribution in [3.8, 4) is 16.9 Å². The number of nitrogens with zero attached hydrogens (tertiary/aromatic N) is 4. The highest BCUT2D eigenvalue weighted by molar-refractivity contribution is 5.82. The fraction of sp³-hybridized carbons (Fsp3) is 0.296. The number of aromatic nitrogens is 3. The molecule has 5 rings (SSSR count). The zero-order valence-corrected chi connectivity index (χ0v) is 20.2. The minimum absolute atomic E-state index is 0.0906. The summed E-state index contributed by atoms with van der Waals surface area (Å²) in [7, 11) is 1.63. The Balaban J connectivity index is 1.47. The van der Waals surface area contributed by atoms with Crippen molar-refractivity contribution in [3.05, 3.63) is 70.6 Å². The van der Waals surface area contributed by atoms with Crippen LogP contribution in [0.15, 0.2) is 59.5 Å². The van der Waals surface area contributed by atoms with E-state index in [1.54, 1.807) is 17.9 Å². The lowest BCUT2D eigenvalue weighted by molar-refractivity contribution is 0.122. The van der Waals surface area contributed by atoms with E-state index in [-0.39, 0.29) is 5.56 Å². The lowest BCUT2D eigenvalue weighted by Crippen LogP contribution is -2.36. The van der Waals surface area contributed by atoms with E-state index in [0.717, 1.165) is 54.3 Å². The summed E-state index contributed by atoms with van der Waals surface area (Å²) < 4.78 is 12.5. The molecule has 0 aliphatic carbocycles. The SMILES string of the molecule is CCn1c(=O)c(-c2cc(C)cc(OC)c2)cc2cnc(Nc3ccc(N4CCOCC4)cc3)nc21. The Morgan fingerprint density at radius 3 is 2.57 bits per heavy atom. The maximum absolute atomic E-state index is 13.4. The van der Waals surface area contributed by atoms with E-state index >= 15 is 0 Å². The minimum Gasteiger partial charge on any atom is -0.497 e. The Morgan fingerprint density at radius 1 is 1.09 bits per heavy atom. The van der Waals surface area contributed by atoms with Gasteiger partial charge in [0.1, 0.15) is 11.4 Å². The fourth-order valence-corrected chi connectivity index (χ4v) is 4.45. The van der Waals surface area contributed by atoms with Crippen molar-refractivity contribution in [1.29, 1.82) is 0 Å². The standard InChI is InChI=1S/C27H29N5O3/c1-4-32-25-20(16-24(26(32)33)19-13-18(2)14-23(15-19)34-3)17-28-27(30-25)29-21-5-7-22(8-6-21)31-9-11-35-12-10-31/h5-8,13-17H,4,9-12H2,1-3H3,(H,28,29,30). The molecule has 8 heteroatoms. The van der Waals surface area contributed by atoms with Crippen LogP contribution in [-0.2, 0) is 11.3 Å². The van der Waals surface area contributed by atoms with Crippen LogP contribution in [0.5, 0.6) is 5.75 Å². The van der Waals surface area contributed by atoms with Crippen molar-refractivity contribution in [2.75, 3.05) is 43.6 Å². The zero-order valence-electron chi connectivity index (χ0n) is 20.2. The molecule has 0 atom stereocenters. The second-order valence-corrected chi connectivity index (χ2v) is 8.59. The molecule has 2 aromatic carbocycles. The summed E-state index contributed by atoms with van der Waals surface area (Å²) in [5.74, 6) is 1.17. The maximum Gasteiger partial charge on any atom is 0.260 e. The van der Waals surface area contributed by atoms with Crippen LogP contribution in [0.1, 0.15) is 12.5 Å². The molecule has 0 unspecified atom stereocenters. The highest BCUT2D eigenvalue weighted by Crippen LogP contribution is 2.27. The summed E-state index contributed by atoms with van der Waals surface area (Å²) in [6, 6.07) is 15.9. The van der Waals surface area contributed by atoms with Gasteiger partial charge in [-0.15, -0.1) is 0 Å². The van der Waals surface area contributed by atoms with Crippen molar-refractivity contribution in [2.45, 2.75) is 20.4 Å². The molecular weight excluding hydrogens is 442 g/mol. The molecule has 8 nitrogen and oxygen atoms in total. The number of rotatable bonds is 6. The Hall–Kier alpha value is -3.91. The predicted octanol–water partition coefficient (Wildman–Crippen LogP) is 4.38. The van der Waals surface area contributed by atoms with Gasteiger partial charge in [-0.2, -0.15) is 4.98 Å². The first-order valence-corrected chi connectivity index (χ1v) is 11.8. The summed E-state index contributed by atoms with van der Waals surface area (Å²) in [5.41, 5.74) is 5.00. The number of hydrogen-bond acceptors (Lipinski definition) is 7. The molecule has 2 aromatic heterocycles. The van der Waals surface area contributed by atoms with Crippen molar-refractivity contribution in [2.24, 2.45) is 0 Å². The van der Waals surface area contributed by atoms with Crippen molar-refractivity contribution < 1.29 is 9.47 Å². The van der Waals surface area contributed by atoms with Crippen LogP contribution in [0, 0.1) is 6.92 Å². The third-order valence-electron chi connectivity index (χ3n) is 6.24. The van der Waals surface area contributed by atoms with Gasteiger partial charge >= 0.3 is 0 Å². The number of morpholine rings is 1. The topological polar surface area (TPSA) is 81.5 Å². The number of pyridine rings is 1. The number of anilines is 3. The Morgan fingerprint density at radius 2 is 1.86 bits per heavy atom. The van der Waals surface area contributed by atoms with E-state index in [4.69, 9.17) is 9.47 Å². The predicted molar refractivity (Wildman–Crippen MR) is 139 cm³/mol. The average molecular weight is 472 g/mol. The molecule has 35 heavy (non-hydrogen) atoms. The number of fused-ring (bicyclic) bond motifs is 1. The Bertz CT molecular complexity index is 1410. The molecule has 0 spiro atoms. The van der Waals surface area contributed by atoms with E-state index in [2.05, 4.69) is 32.3 Å². The van der Waals surface area contributed by atoms with Crippen LogP contribution < -0.4 is 20.5 Å². The number of nitrogens with one attached hydrogen (secondary N) is 1. The zero-order chi connectivity index (χ0) is 24.4. The van der Waals surface area contributed by atoms with Crippen LogP contribution in [-0.4, -0.2) is 47.9 Å². The second kappa shape index (κ2) is 9.76. The molecule has 0 bridgehead atoms. The summed E-state index contributed by atoms with van der Waals surface area (Å²) >= 11 is 0. The molecule has 0 amide bonds. The van der Waals surface area contributed by atoms with Crippen molar-refractivity contribution in [1.82, 2.24) is 14.5 Å². The monoisotopic (exact) mass is 471 g/mol. The van der Waals surface area contributed by atoms with Crippen LogP contribution in [0.4, 0.5) is 17.3 Å². The van der Waals surface area contributed by atoms with Crippen LogP contribution in [0.2, 0.25) is 0 Å². The van der Waals surface area contributed by atoms with Gasteiger partial charge in [-0.05, 0) is 67.4 Å². The summed E-state index contributed by atoms with van der Waals surface area (Å²) in [5, 5.41) is 4.07. The molecule has 1 fully saturated rings. The number of hydrogen-bond donors (Lipinski definition) is 1. The third kappa shape index (κ3) is 4.70. The van der Waals surface area contributed by atoms with Gasteiger partial charge in [0.25, 0.3) is 5.56 Å². The number of aryl methyl sites for hydroxylation is 2. The first-order chi connectivity index (χ1) is 17.1. The molecule has 1 N–H and O–H groups in total. The highest BCUT2D eigenvalue weighted by atomic mass is 16.5. The van der Waals surface area contributed by atoms with Crippen LogP contribution in [0.25, 0.3) is 22.2 Å². The molecule has 180 valence electrons. The second-order valence-electron chi connectivity index (χ2n) is 8.59. The van der Waals surface area contributed by atoms with Gasteiger partial charge in [0.05, 0.1) is 20.3 Å². The van der Waals surface area contributed by atoms with Gasteiger partial charge in [0, 0.05) is 48.2 Å². The van der Waals surface area contributed by atoms with E-state index in [0.29, 0.717) is 23.7 Å². The van der Waals surface area contributed by atoms with E-state index in [9.17, 15) is 4.79 Å². The molecule has 1 aliphatic rings. The van der Waals surface area contributed by atoms with Crippen LogP contribution >= 0.6 is 0 Å². The molecular formula is C27H29N5O3. The largest absolute Gasteiger partial charge is 0.497 e. The molecule has 3 heterocycles. The summed E-state index contributed by atoms with van der Waals surface area (Å²) in [6.45, 7) is 7.73.